The van der Waals surface area contributed by atoms with Gasteiger partial charge < -0.3 is 4.74 Å². The van der Waals surface area contributed by atoms with E-state index in [0.717, 1.165) is 24.7 Å². The molecule has 1 aliphatic carbocycles. The van der Waals surface area contributed by atoms with Gasteiger partial charge in [0.2, 0.25) is 0 Å². The van der Waals surface area contributed by atoms with Gasteiger partial charge in [-0.3, -0.25) is 0 Å². The minimum atomic E-state index is -0.110. The van der Waals surface area contributed by atoms with Gasteiger partial charge in [0.05, 0.1) is 17.1 Å². The molecule has 3 unspecified atom stereocenters. The highest BCUT2D eigenvalue weighted by molar-refractivity contribution is 6.21. The van der Waals surface area contributed by atoms with Crippen molar-refractivity contribution in [2.24, 2.45) is 11.8 Å². The van der Waals surface area contributed by atoms with E-state index in [2.05, 4.69) is 34.6 Å². The topological polar surface area (TPSA) is 9.23 Å². The van der Waals surface area contributed by atoms with Gasteiger partial charge >= 0.3 is 0 Å². The van der Waals surface area contributed by atoms with E-state index in [0.29, 0.717) is 0 Å². The predicted molar refractivity (Wildman–Crippen MR) is 66.4 cm³/mol. The summed E-state index contributed by atoms with van der Waals surface area (Å²) in [5.41, 5.74) is -0.110. The number of hydrogen-bond donors (Lipinski definition) is 0. The van der Waals surface area contributed by atoms with E-state index in [1.165, 1.54) is 6.42 Å². The second kappa shape index (κ2) is 5.05. The van der Waals surface area contributed by atoms with Crippen LogP contribution in [-0.2, 0) is 4.74 Å². The largest absolute Gasteiger partial charge is 0.371 e. The summed E-state index contributed by atoms with van der Waals surface area (Å²) in [6, 6.07) is 0. The van der Waals surface area contributed by atoms with Crippen molar-refractivity contribution in [1.29, 1.82) is 0 Å². The van der Waals surface area contributed by atoms with Gasteiger partial charge in [-0.2, -0.15) is 0 Å². The molecule has 0 N–H and O–H groups in total. The Morgan fingerprint density at radius 3 is 2.27 bits per heavy atom. The molecular weight excluding hydrogens is 208 g/mol. The molecule has 1 rings (SSSR count). The van der Waals surface area contributed by atoms with Crippen LogP contribution in [0.3, 0.4) is 0 Å². The lowest BCUT2D eigenvalue weighted by molar-refractivity contribution is -0.0944. The van der Waals surface area contributed by atoms with Crippen LogP contribution in [0, 0.1) is 11.8 Å². The fourth-order valence-corrected chi connectivity index (χ4v) is 2.93. The predicted octanol–water partition coefficient (Wildman–Crippen LogP) is 4.23. The summed E-state index contributed by atoms with van der Waals surface area (Å²) in [6.07, 6.45) is 3.72. The molecule has 2 heteroatoms. The lowest BCUT2D eigenvalue weighted by Gasteiger charge is -2.43. The Bertz CT molecular complexity index is 203. The molecule has 0 aromatic carbocycles. The Hall–Kier alpha value is 0.250. The maximum atomic E-state index is 6.48. The maximum absolute atomic E-state index is 6.48. The highest BCUT2D eigenvalue weighted by atomic mass is 35.5. The molecule has 90 valence electrons. The average Bonchev–Trinajstić information content (AvgIpc) is 2.08. The SMILES string of the molecule is CC(C)OC1(C)CCC(C(C)C)CC1Cl. The quantitative estimate of drug-likeness (QED) is 0.662. The first-order chi connectivity index (χ1) is 6.85. The molecular formula is C13H25ClO. The number of rotatable bonds is 3. The van der Waals surface area contributed by atoms with Crippen LogP contribution in [0.4, 0.5) is 0 Å². The summed E-state index contributed by atoms with van der Waals surface area (Å²) in [4.78, 5) is 0. The van der Waals surface area contributed by atoms with Crippen molar-refractivity contribution < 1.29 is 4.74 Å². The Balaban J connectivity index is 2.58. The highest BCUT2D eigenvalue weighted by Crippen LogP contribution is 2.41. The number of hydrogen-bond acceptors (Lipinski definition) is 1. The van der Waals surface area contributed by atoms with E-state index in [-0.39, 0.29) is 17.1 Å². The van der Waals surface area contributed by atoms with Crippen LogP contribution in [0.2, 0.25) is 0 Å². The molecule has 15 heavy (non-hydrogen) atoms. The molecule has 0 aromatic heterocycles. The average molecular weight is 233 g/mol. The van der Waals surface area contributed by atoms with Gasteiger partial charge in [0.25, 0.3) is 0 Å². The van der Waals surface area contributed by atoms with Crippen molar-refractivity contribution in [3.8, 4) is 0 Å². The molecule has 1 aliphatic rings. The van der Waals surface area contributed by atoms with E-state index < -0.39 is 0 Å². The zero-order chi connectivity index (χ0) is 11.6. The molecule has 1 nitrogen and oxygen atoms in total. The van der Waals surface area contributed by atoms with E-state index in [9.17, 15) is 0 Å². The number of halogens is 1. The molecule has 0 aromatic rings. The first-order valence-corrected chi connectivity index (χ1v) is 6.60. The van der Waals surface area contributed by atoms with Crippen molar-refractivity contribution in [2.75, 3.05) is 0 Å². The van der Waals surface area contributed by atoms with Crippen LogP contribution < -0.4 is 0 Å². The standard InChI is InChI=1S/C13H25ClO/c1-9(2)11-6-7-13(5,12(14)8-11)15-10(3)4/h9-12H,6-8H2,1-5H3. The second-order valence-corrected chi connectivity index (χ2v) is 6.25. The second-order valence-electron chi connectivity index (χ2n) is 5.73. The summed E-state index contributed by atoms with van der Waals surface area (Å²) < 4.78 is 5.99. The van der Waals surface area contributed by atoms with Crippen molar-refractivity contribution in [1.82, 2.24) is 0 Å². The van der Waals surface area contributed by atoms with Gasteiger partial charge in [-0.1, -0.05) is 13.8 Å². The van der Waals surface area contributed by atoms with Crippen LogP contribution >= 0.6 is 11.6 Å². The molecule has 3 atom stereocenters. The van der Waals surface area contributed by atoms with Crippen LogP contribution in [0.15, 0.2) is 0 Å². The van der Waals surface area contributed by atoms with Gasteiger partial charge in [-0.15, -0.1) is 11.6 Å². The summed E-state index contributed by atoms with van der Waals surface area (Å²) >= 11 is 6.48. The maximum Gasteiger partial charge on any atom is 0.0821 e. The Morgan fingerprint density at radius 2 is 1.87 bits per heavy atom. The molecule has 1 fully saturated rings. The highest BCUT2D eigenvalue weighted by Gasteiger charge is 2.41. The molecule has 0 amide bonds. The molecule has 0 aliphatic heterocycles. The molecule has 0 spiro atoms. The Labute approximate surface area is 99.5 Å². The lowest BCUT2D eigenvalue weighted by atomic mass is 9.75. The van der Waals surface area contributed by atoms with Gasteiger partial charge in [-0.05, 0) is 51.9 Å². The van der Waals surface area contributed by atoms with Crippen molar-refractivity contribution >= 4 is 11.6 Å². The summed E-state index contributed by atoms with van der Waals surface area (Å²) in [5.74, 6) is 1.52. The number of alkyl halides is 1. The van der Waals surface area contributed by atoms with E-state index in [1.54, 1.807) is 0 Å². The van der Waals surface area contributed by atoms with Crippen LogP contribution in [0.1, 0.15) is 53.9 Å². The van der Waals surface area contributed by atoms with Crippen molar-refractivity contribution in [3.63, 3.8) is 0 Å². The lowest BCUT2D eigenvalue weighted by Crippen LogP contribution is -2.46. The smallest absolute Gasteiger partial charge is 0.0821 e. The minimum Gasteiger partial charge on any atom is -0.371 e. The minimum absolute atomic E-state index is 0.110. The molecule has 0 bridgehead atoms. The van der Waals surface area contributed by atoms with Crippen LogP contribution in [0.5, 0.6) is 0 Å². The van der Waals surface area contributed by atoms with Gasteiger partial charge in [0.15, 0.2) is 0 Å². The van der Waals surface area contributed by atoms with Gasteiger partial charge in [0.1, 0.15) is 0 Å². The normalized spacial score (nSPS) is 37.6. The third kappa shape index (κ3) is 3.35. The van der Waals surface area contributed by atoms with E-state index in [1.807, 2.05) is 0 Å². The third-order valence-corrected chi connectivity index (χ3v) is 4.27. The van der Waals surface area contributed by atoms with E-state index >= 15 is 0 Å². The molecule has 1 saturated carbocycles. The number of ether oxygens (including phenoxy) is 1. The zero-order valence-electron chi connectivity index (χ0n) is 10.7. The molecule has 0 radical (unpaired) electrons. The summed E-state index contributed by atoms with van der Waals surface area (Å²) in [5, 5.41) is 0.168. The van der Waals surface area contributed by atoms with Crippen LogP contribution in [-0.4, -0.2) is 17.1 Å². The molecule has 0 saturated heterocycles. The monoisotopic (exact) mass is 232 g/mol. The zero-order valence-corrected chi connectivity index (χ0v) is 11.5. The fraction of sp³-hybridized carbons (Fsp3) is 1.00. The van der Waals surface area contributed by atoms with Crippen LogP contribution in [0.25, 0.3) is 0 Å². The Morgan fingerprint density at radius 1 is 1.27 bits per heavy atom. The van der Waals surface area contributed by atoms with Crippen molar-refractivity contribution in [3.05, 3.63) is 0 Å². The summed E-state index contributed by atoms with van der Waals surface area (Å²) in [7, 11) is 0. The fourth-order valence-electron chi connectivity index (χ4n) is 2.54. The van der Waals surface area contributed by atoms with Gasteiger partial charge in [0, 0.05) is 0 Å². The summed E-state index contributed by atoms with van der Waals surface area (Å²) in [6.45, 7) is 10.9. The van der Waals surface area contributed by atoms with Gasteiger partial charge in [-0.25, -0.2) is 0 Å². The first kappa shape index (κ1) is 13.3. The van der Waals surface area contributed by atoms with E-state index in [4.69, 9.17) is 16.3 Å². The third-order valence-electron chi connectivity index (χ3n) is 3.63. The first-order valence-electron chi connectivity index (χ1n) is 6.17. The Kier molecular flexibility index (Phi) is 4.49. The molecule has 0 heterocycles. The van der Waals surface area contributed by atoms with Crippen molar-refractivity contribution in [2.45, 2.75) is 71.0 Å².